The molecule has 2 N–H and O–H groups in total. The van der Waals surface area contributed by atoms with E-state index in [1.807, 2.05) is 12.2 Å². The van der Waals surface area contributed by atoms with Gasteiger partial charge in [-0.1, -0.05) is 12.2 Å². The average Bonchev–Trinajstić information content (AvgIpc) is 2.75. The molecule has 2 atom stereocenters. The van der Waals surface area contributed by atoms with Crippen LogP contribution in [0.4, 0.5) is 4.39 Å². The number of carbonyl (C=O) groups excluding carboxylic acids is 1. The zero-order chi connectivity index (χ0) is 13.1. The number of aliphatic hydroxyl groups is 1. The summed E-state index contributed by atoms with van der Waals surface area (Å²) in [6.07, 6.45) is 4.45. The summed E-state index contributed by atoms with van der Waals surface area (Å²) in [5, 5.41) is 11.8. The standard InChI is InChI=1S/C14H16FNO2/c1-9-4-11(7-12(15)5-9)14(18)16-13-3-2-10(6-13)8-17/h2-5,7,10,13,17H,6,8H2,1H3,(H,16,18)/t10-,13+/m0/s1. The van der Waals surface area contributed by atoms with E-state index in [2.05, 4.69) is 5.32 Å². The van der Waals surface area contributed by atoms with Gasteiger partial charge in [-0.2, -0.15) is 0 Å². The quantitative estimate of drug-likeness (QED) is 0.802. The van der Waals surface area contributed by atoms with Crippen molar-refractivity contribution in [1.29, 1.82) is 0 Å². The minimum absolute atomic E-state index is 0.0850. The maximum atomic E-state index is 13.2. The van der Waals surface area contributed by atoms with E-state index in [0.717, 1.165) is 5.56 Å². The van der Waals surface area contributed by atoms with Gasteiger partial charge in [-0.3, -0.25) is 4.79 Å². The van der Waals surface area contributed by atoms with Crippen LogP contribution in [0.15, 0.2) is 30.4 Å². The third-order valence-corrected chi connectivity index (χ3v) is 3.03. The van der Waals surface area contributed by atoms with Crippen molar-refractivity contribution in [2.45, 2.75) is 19.4 Å². The van der Waals surface area contributed by atoms with Gasteiger partial charge in [0.05, 0.1) is 0 Å². The zero-order valence-electron chi connectivity index (χ0n) is 10.2. The molecule has 0 unspecified atom stereocenters. The van der Waals surface area contributed by atoms with Crippen molar-refractivity contribution in [3.05, 3.63) is 47.3 Å². The second-order valence-corrected chi connectivity index (χ2v) is 4.66. The van der Waals surface area contributed by atoms with Crippen LogP contribution in [-0.2, 0) is 0 Å². The monoisotopic (exact) mass is 249 g/mol. The SMILES string of the molecule is Cc1cc(F)cc(C(=O)N[C@@H]2C=C[C@H](CO)C2)c1. The summed E-state index contributed by atoms with van der Waals surface area (Å²) in [5.74, 6) is -0.592. The Kier molecular flexibility index (Phi) is 3.77. The zero-order valence-corrected chi connectivity index (χ0v) is 10.2. The fourth-order valence-corrected chi connectivity index (χ4v) is 2.14. The second-order valence-electron chi connectivity index (χ2n) is 4.66. The molecule has 0 radical (unpaired) electrons. The Labute approximate surface area is 105 Å². The van der Waals surface area contributed by atoms with E-state index in [1.165, 1.54) is 12.1 Å². The van der Waals surface area contributed by atoms with Crippen LogP contribution in [0, 0.1) is 18.7 Å². The molecule has 1 aromatic rings. The fraction of sp³-hybridized carbons (Fsp3) is 0.357. The smallest absolute Gasteiger partial charge is 0.251 e. The molecule has 0 spiro atoms. The number of amides is 1. The topological polar surface area (TPSA) is 49.3 Å². The van der Waals surface area contributed by atoms with Crippen LogP contribution in [0.5, 0.6) is 0 Å². The Hall–Kier alpha value is -1.68. The number of aliphatic hydroxyl groups excluding tert-OH is 1. The second kappa shape index (κ2) is 5.31. The molecule has 0 fully saturated rings. The first-order chi connectivity index (χ1) is 8.58. The summed E-state index contributed by atoms with van der Waals surface area (Å²) in [6.45, 7) is 1.83. The number of aryl methyl sites for hydroxylation is 1. The van der Waals surface area contributed by atoms with Crippen molar-refractivity contribution >= 4 is 5.91 Å². The lowest BCUT2D eigenvalue weighted by Crippen LogP contribution is -2.33. The molecule has 96 valence electrons. The van der Waals surface area contributed by atoms with Gasteiger partial charge in [0, 0.05) is 24.1 Å². The van der Waals surface area contributed by atoms with Gasteiger partial charge >= 0.3 is 0 Å². The molecule has 1 amide bonds. The first-order valence-corrected chi connectivity index (χ1v) is 5.95. The Morgan fingerprint density at radius 2 is 2.22 bits per heavy atom. The van der Waals surface area contributed by atoms with Crippen molar-refractivity contribution in [1.82, 2.24) is 5.32 Å². The molecular formula is C14H16FNO2. The largest absolute Gasteiger partial charge is 0.396 e. The molecule has 0 saturated carbocycles. The first kappa shape index (κ1) is 12.8. The van der Waals surface area contributed by atoms with Gasteiger partial charge in [-0.15, -0.1) is 0 Å². The van der Waals surface area contributed by atoms with Crippen LogP contribution >= 0.6 is 0 Å². The molecule has 2 rings (SSSR count). The third kappa shape index (κ3) is 2.96. The van der Waals surface area contributed by atoms with Gasteiger partial charge in [0.1, 0.15) is 5.82 Å². The van der Waals surface area contributed by atoms with Crippen LogP contribution in [0.3, 0.4) is 0 Å². The lowest BCUT2D eigenvalue weighted by Gasteiger charge is -2.13. The predicted octanol–water partition coefficient (Wildman–Crippen LogP) is 1.80. The summed E-state index contributed by atoms with van der Waals surface area (Å²) in [6, 6.07) is 4.18. The van der Waals surface area contributed by atoms with E-state index >= 15 is 0 Å². The minimum Gasteiger partial charge on any atom is -0.396 e. The predicted molar refractivity (Wildman–Crippen MR) is 66.7 cm³/mol. The minimum atomic E-state index is -0.407. The maximum absolute atomic E-state index is 13.2. The number of benzene rings is 1. The number of halogens is 1. The Bertz CT molecular complexity index is 464. The van der Waals surface area contributed by atoms with Crippen LogP contribution in [0.25, 0.3) is 0 Å². The van der Waals surface area contributed by atoms with Crippen molar-refractivity contribution in [2.75, 3.05) is 6.61 Å². The molecule has 1 aliphatic rings. The summed E-state index contributed by atoms with van der Waals surface area (Å²) < 4.78 is 13.2. The summed E-state index contributed by atoms with van der Waals surface area (Å²) in [7, 11) is 0. The van der Waals surface area contributed by atoms with E-state index < -0.39 is 5.82 Å². The molecule has 0 aliphatic heterocycles. The normalized spacial score (nSPS) is 22.2. The molecule has 0 aromatic heterocycles. The number of hydrogen-bond acceptors (Lipinski definition) is 2. The fourth-order valence-electron chi connectivity index (χ4n) is 2.14. The van der Waals surface area contributed by atoms with E-state index in [-0.39, 0.29) is 24.5 Å². The third-order valence-electron chi connectivity index (χ3n) is 3.03. The molecular weight excluding hydrogens is 233 g/mol. The molecule has 3 nitrogen and oxygen atoms in total. The number of rotatable bonds is 3. The lowest BCUT2D eigenvalue weighted by molar-refractivity contribution is 0.0940. The van der Waals surface area contributed by atoms with E-state index in [0.29, 0.717) is 12.0 Å². The molecule has 0 heterocycles. The summed E-state index contributed by atoms with van der Waals surface area (Å²) in [5.41, 5.74) is 1.05. The number of nitrogens with one attached hydrogen (secondary N) is 1. The summed E-state index contributed by atoms with van der Waals surface area (Å²) >= 11 is 0. The Morgan fingerprint density at radius 1 is 1.44 bits per heavy atom. The van der Waals surface area contributed by atoms with E-state index in [1.54, 1.807) is 13.0 Å². The molecule has 1 aromatic carbocycles. The van der Waals surface area contributed by atoms with Gasteiger partial charge < -0.3 is 10.4 Å². The van der Waals surface area contributed by atoms with Gasteiger partial charge in [-0.25, -0.2) is 4.39 Å². The van der Waals surface area contributed by atoms with Gasteiger partial charge in [-0.05, 0) is 37.1 Å². The average molecular weight is 249 g/mol. The van der Waals surface area contributed by atoms with Crippen LogP contribution < -0.4 is 5.32 Å². The molecule has 0 bridgehead atoms. The first-order valence-electron chi connectivity index (χ1n) is 5.95. The van der Waals surface area contributed by atoms with E-state index in [4.69, 9.17) is 5.11 Å². The molecule has 0 saturated heterocycles. The van der Waals surface area contributed by atoms with Crippen molar-refractivity contribution < 1.29 is 14.3 Å². The van der Waals surface area contributed by atoms with E-state index in [9.17, 15) is 9.18 Å². The van der Waals surface area contributed by atoms with Crippen molar-refractivity contribution in [3.8, 4) is 0 Å². The molecule has 18 heavy (non-hydrogen) atoms. The van der Waals surface area contributed by atoms with Crippen molar-refractivity contribution in [3.63, 3.8) is 0 Å². The maximum Gasteiger partial charge on any atom is 0.251 e. The molecule has 4 heteroatoms. The number of carbonyl (C=O) groups is 1. The number of hydrogen-bond donors (Lipinski definition) is 2. The van der Waals surface area contributed by atoms with Crippen molar-refractivity contribution in [2.24, 2.45) is 5.92 Å². The highest BCUT2D eigenvalue weighted by Gasteiger charge is 2.20. The van der Waals surface area contributed by atoms with Gasteiger partial charge in [0.2, 0.25) is 0 Å². The van der Waals surface area contributed by atoms with Crippen LogP contribution in [-0.4, -0.2) is 23.7 Å². The van der Waals surface area contributed by atoms with Crippen LogP contribution in [0.2, 0.25) is 0 Å². The highest BCUT2D eigenvalue weighted by atomic mass is 19.1. The highest BCUT2D eigenvalue weighted by molar-refractivity contribution is 5.94. The van der Waals surface area contributed by atoms with Gasteiger partial charge in [0.25, 0.3) is 5.91 Å². The van der Waals surface area contributed by atoms with Crippen LogP contribution in [0.1, 0.15) is 22.3 Å². The Morgan fingerprint density at radius 3 is 2.83 bits per heavy atom. The molecule has 1 aliphatic carbocycles. The summed E-state index contributed by atoms with van der Waals surface area (Å²) in [4.78, 5) is 11.9. The van der Waals surface area contributed by atoms with Gasteiger partial charge in [0.15, 0.2) is 0 Å². The highest BCUT2D eigenvalue weighted by Crippen LogP contribution is 2.17. The lowest BCUT2D eigenvalue weighted by atomic mass is 10.1. The Balaban J connectivity index is 2.02.